The lowest BCUT2D eigenvalue weighted by Crippen LogP contribution is -2.46. The van der Waals surface area contributed by atoms with Crippen LogP contribution in [0.3, 0.4) is 0 Å². The second kappa shape index (κ2) is 9.52. The third-order valence-corrected chi connectivity index (χ3v) is 5.44. The molecular weight excluding hydrogens is 398 g/mol. The summed E-state index contributed by atoms with van der Waals surface area (Å²) in [5.41, 5.74) is 3.87. The molecule has 3 rings (SSSR count). The van der Waals surface area contributed by atoms with E-state index in [4.69, 9.17) is 0 Å². The van der Waals surface area contributed by atoms with E-state index < -0.39 is 10.0 Å². The van der Waals surface area contributed by atoms with Crippen LogP contribution in [0.15, 0.2) is 48.5 Å². The minimum Gasteiger partial charge on any atom is -0.348 e. The second-order valence-corrected chi connectivity index (χ2v) is 8.80. The van der Waals surface area contributed by atoms with Crippen LogP contribution in [0.2, 0.25) is 0 Å². The summed E-state index contributed by atoms with van der Waals surface area (Å²) in [5.74, 6) is -0.0135. The molecule has 1 heterocycles. The normalized spacial score (nSPS) is 17.2. The first-order valence-corrected chi connectivity index (χ1v) is 10.9. The van der Waals surface area contributed by atoms with Crippen molar-refractivity contribution in [3.05, 3.63) is 70.8 Å². The lowest BCUT2D eigenvalue weighted by molar-refractivity contribution is 0.0924. The molecule has 0 saturated carbocycles. The smallest absolute Gasteiger partial charge is 0.251 e. The largest absolute Gasteiger partial charge is 0.348 e. The Labute approximate surface area is 172 Å². The van der Waals surface area contributed by atoms with E-state index in [0.717, 1.165) is 34.9 Å². The molecular formula is C20H26ClN3O3S. The first-order chi connectivity index (χ1) is 12.8. The standard InChI is InChI=1S/C20H25N3O3S.ClH/c1-14(23-27(2,25)26)16-9-7-15(8-10-16)12-21-13-18-11-17-5-3-4-6-19(17)20(24)22-18;/h3-10,14,18,21,23H,11-13H2,1-2H3,(H,22,24);1H/t14-,18?;/m1./s1. The molecule has 0 aliphatic carbocycles. The molecule has 0 aromatic heterocycles. The molecule has 1 aliphatic rings. The van der Waals surface area contributed by atoms with E-state index in [1.807, 2.05) is 55.5 Å². The van der Waals surface area contributed by atoms with Gasteiger partial charge in [0.05, 0.1) is 6.26 Å². The van der Waals surface area contributed by atoms with Crippen LogP contribution < -0.4 is 15.4 Å². The van der Waals surface area contributed by atoms with E-state index in [1.165, 1.54) is 0 Å². The zero-order valence-corrected chi connectivity index (χ0v) is 17.6. The van der Waals surface area contributed by atoms with E-state index in [9.17, 15) is 13.2 Å². The average molecular weight is 424 g/mol. The SMILES string of the molecule is C[C@@H](NS(C)(=O)=O)c1ccc(CNCC2Cc3ccccc3C(=O)N2)cc1.Cl. The minimum atomic E-state index is -3.23. The van der Waals surface area contributed by atoms with E-state index in [-0.39, 0.29) is 30.4 Å². The molecule has 2 aromatic rings. The molecule has 152 valence electrons. The van der Waals surface area contributed by atoms with Crippen molar-refractivity contribution >= 4 is 28.3 Å². The van der Waals surface area contributed by atoms with Crippen LogP contribution in [0.1, 0.15) is 40.0 Å². The highest BCUT2D eigenvalue weighted by atomic mass is 35.5. The lowest BCUT2D eigenvalue weighted by Gasteiger charge is -2.26. The number of sulfonamides is 1. The Hall–Kier alpha value is -1.93. The Morgan fingerprint density at radius 3 is 2.50 bits per heavy atom. The molecule has 1 unspecified atom stereocenters. The van der Waals surface area contributed by atoms with Gasteiger partial charge in [0.25, 0.3) is 5.91 Å². The molecule has 0 bridgehead atoms. The average Bonchev–Trinajstić information content (AvgIpc) is 2.61. The molecule has 28 heavy (non-hydrogen) atoms. The maximum Gasteiger partial charge on any atom is 0.251 e. The quantitative estimate of drug-likeness (QED) is 0.636. The summed E-state index contributed by atoms with van der Waals surface area (Å²) in [6.45, 7) is 3.19. The van der Waals surface area contributed by atoms with E-state index in [0.29, 0.717) is 13.1 Å². The molecule has 8 heteroatoms. The summed E-state index contributed by atoms with van der Waals surface area (Å²) in [5, 5.41) is 6.42. The number of halogens is 1. The van der Waals surface area contributed by atoms with Crippen molar-refractivity contribution in [2.24, 2.45) is 0 Å². The molecule has 0 radical (unpaired) electrons. The third-order valence-electron chi connectivity index (χ3n) is 4.65. The summed E-state index contributed by atoms with van der Waals surface area (Å²) >= 11 is 0. The van der Waals surface area contributed by atoms with Crippen LogP contribution in [-0.4, -0.2) is 33.2 Å². The Morgan fingerprint density at radius 1 is 1.14 bits per heavy atom. The molecule has 2 atom stereocenters. The molecule has 3 N–H and O–H groups in total. The Bertz CT molecular complexity index is 917. The summed E-state index contributed by atoms with van der Waals surface area (Å²) in [4.78, 5) is 12.1. The second-order valence-electron chi connectivity index (χ2n) is 7.02. The van der Waals surface area contributed by atoms with Crippen molar-refractivity contribution in [3.63, 3.8) is 0 Å². The highest BCUT2D eigenvalue weighted by Crippen LogP contribution is 2.17. The summed E-state index contributed by atoms with van der Waals surface area (Å²) in [7, 11) is -3.23. The number of carbonyl (C=O) groups excluding carboxylic acids is 1. The summed E-state index contributed by atoms with van der Waals surface area (Å²) in [6.07, 6.45) is 1.98. The van der Waals surface area contributed by atoms with E-state index in [1.54, 1.807) is 0 Å². The molecule has 0 spiro atoms. The van der Waals surface area contributed by atoms with Gasteiger partial charge in [-0.15, -0.1) is 12.4 Å². The van der Waals surface area contributed by atoms with Gasteiger partial charge in [0.2, 0.25) is 10.0 Å². The van der Waals surface area contributed by atoms with Gasteiger partial charge in [-0.3, -0.25) is 4.79 Å². The van der Waals surface area contributed by atoms with Crippen molar-refractivity contribution in [3.8, 4) is 0 Å². The predicted molar refractivity (Wildman–Crippen MR) is 113 cm³/mol. The Balaban J connectivity index is 0.00000280. The number of benzene rings is 2. The number of nitrogens with one attached hydrogen (secondary N) is 3. The number of carbonyl (C=O) groups is 1. The van der Waals surface area contributed by atoms with Crippen molar-refractivity contribution in [1.82, 2.24) is 15.4 Å². The molecule has 0 saturated heterocycles. The third kappa shape index (κ3) is 6.04. The van der Waals surface area contributed by atoms with Crippen molar-refractivity contribution in [1.29, 1.82) is 0 Å². The van der Waals surface area contributed by atoms with Crippen LogP contribution in [0.5, 0.6) is 0 Å². The van der Waals surface area contributed by atoms with Gasteiger partial charge in [-0.05, 0) is 36.1 Å². The van der Waals surface area contributed by atoms with Crippen LogP contribution in [0, 0.1) is 0 Å². The Kier molecular flexibility index (Phi) is 7.60. The van der Waals surface area contributed by atoms with Crippen molar-refractivity contribution in [2.75, 3.05) is 12.8 Å². The minimum absolute atomic E-state index is 0. The van der Waals surface area contributed by atoms with Crippen LogP contribution >= 0.6 is 12.4 Å². The number of amides is 1. The Morgan fingerprint density at radius 2 is 1.82 bits per heavy atom. The fourth-order valence-electron chi connectivity index (χ4n) is 3.33. The van der Waals surface area contributed by atoms with Gasteiger partial charge in [0, 0.05) is 30.7 Å². The topological polar surface area (TPSA) is 87.3 Å². The number of rotatable bonds is 7. The number of fused-ring (bicyclic) bond motifs is 1. The zero-order valence-electron chi connectivity index (χ0n) is 15.9. The van der Waals surface area contributed by atoms with Gasteiger partial charge in [-0.2, -0.15) is 0 Å². The van der Waals surface area contributed by atoms with E-state index >= 15 is 0 Å². The number of hydrogen-bond donors (Lipinski definition) is 3. The maximum atomic E-state index is 12.1. The molecule has 0 fully saturated rings. The molecule has 1 amide bonds. The predicted octanol–water partition coefficient (Wildman–Crippen LogP) is 2.16. The van der Waals surface area contributed by atoms with Gasteiger partial charge >= 0.3 is 0 Å². The fraction of sp³-hybridized carbons (Fsp3) is 0.350. The first-order valence-electron chi connectivity index (χ1n) is 8.97. The highest BCUT2D eigenvalue weighted by Gasteiger charge is 2.23. The van der Waals surface area contributed by atoms with Crippen molar-refractivity contribution in [2.45, 2.75) is 32.0 Å². The zero-order chi connectivity index (χ0) is 19.4. The number of hydrogen-bond acceptors (Lipinski definition) is 4. The van der Waals surface area contributed by atoms with Gasteiger partial charge in [-0.1, -0.05) is 42.5 Å². The van der Waals surface area contributed by atoms with Crippen LogP contribution in [0.25, 0.3) is 0 Å². The molecule has 6 nitrogen and oxygen atoms in total. The lowest BCUT2D eigenvalue weighted by atomic mass is 9.95. The maximum absolute atomic E-state index is 12.1. The van der Waals surface area contributed by atoms with E-state index in [2.05, 4.69) is 15.4 Å². The van der Waals surface area contributed by atoms with Crippen LogP contribution in [0.4, 0.5) is 0 Å². The van der Waals surface area contributed by atoms with Crippen molar-refractivity contribution < 1.29 is 13.2 Å². The molecule has 1 aliphatic heterocycles. The van der Waals surface area contributed by atoms with Gasteiger partial charge < -0.3 is 10.6 Å². The van der Waals surface area contributed by atoms with Crippen LogP contribution in [-0.2, 0) is 23.0 Å². The summed E-state index contributed by atoms with van der Waals surface area (Å²) in [6, 6.07) is 15.3. The van der Waals surface area contributed by atoms with Gasteiger partial charge in [0.1, 0.15) is 0 Å². The van der Waals surface area contributed by atoms with Gasteiger partial charge in [-0.25, -0.2) is 13.1 Å². The monoisotopic (exact) mass is 423 g/mol. The molecule has 2 aromatic carbocycles. The first kappa shape index (κ1) is 22.4. The fourth-order valence-corrected chi connectivity index (χ4v) is 4.11. The highest BCUT2D eigenvalue weighted by molar-refractivity contribution is 7.88. The summed E-state index contributed by atoms with van der Waals surface area (Å²) < 4.78 is 25.2. The van der Waals surface area contributed by atoms with Gasteiger partial charge in [0.15, 0.2) is 0 Å².